The summed E-state index contributed by atoms with van der Waals surface area (Å²) in [5.74, 6) is 0. The van der Waals surface area contributed by atoms with Crippen molar-refractivity contribution in [1.82, 2.24) is 10.3 Å². The molecule has 90 valence electrons. The molecule has 0 aliphatic heterocycles. The molecule has 0 bridgehead atoms. The molecule has 1 N–H and O–H groups in total. The molecule has 0 amide bonds. The Labute approximate surface area is 98.2 Å². The van der Waals surface area contributed by atoms with Crippen LogP contribution in [0.4, 0.5) is 0 Å². The van der Waals surface area contributed by atoms with E-state index in [1.165, 1.54) is 5.56 Å². The van der Waals surface area contributed by atoms with E-state index < -0.39 is 0 Å². The maximum atomic E-state index is 5.21. The second-order valence-electron chi connectivity index (χ2n) is 4.00. The Morgan fingerprint density at radius 1 is 1.38 bits per heavy atom. The van der Waals surface area contributed by atoms with Crippen LogP contribution < -0.4 is 5.32 Å². The van der Waals surface area contributed by atoms with Crippen LogP contribution in [-0.2, 0) is 11.2 Å². The molecule has 0 spiro atoms. The van der Waals surface area contributed by atoms with Crippen LogP contribution in [0.5, 0.6) is 0 Å². The van der Waals surface area contributed by atoms with Gasteiger partial charge in [-0.15, -0.1) is 0 Å². The molecule has 0 saturated carbocycles. The molecule has 0 fully saturated rings. The second-order valence-corrected chi connectivity index (χ2v) is 4.00. The van der Waals surface area contributed by atoms with E-state index >= 15 is 0 Å². The Kier molecular flexibility index (Phi) is 6.77. The van der Waals surface area contributed by atoms with E-state index in [0.717, 1.165) is 32.4 Å². The van der Waals surface area contributed by atoms with E-state index in [4.69, 9.17) is 4.74 Å². The molecular weight excluding hydrogens is 200 g/mol. The lowest BCUT2D eigenvalue weighted by molar-refractivity contribution is 0.162. The van der Waals surface area contributed by atoms with Crippen molar-refractivity contribution < 1.29 is 4.74 Å². The summed E-state index contributed by atoms with van der Waals surface area (Å²) in [5.41, 5.74) is 1.34. The topological polar surface area (TPSA) is 34.2 Å². The summed E-state index contributed by atoms with van der Waals surface area (Å²) in [7, 11) is 1.76. The van der Waals surface area contributed by atoms with Crippen LogP contribution >= 0.6 is 0 Å². The van der Waals surface area contributed by atoms with Crippen LogP contribution in [-0.4, -0.2) is 31.3 Å². The zero-order chi connectivity index (χ0) is 11.6. The zero-order valence-electron chi connectivity index (χ0n) is 10.3. The van der Waals surface area contributed by atoms with Crippen molar-refractivity contribution >= 4 is 0 Å². The van der Waals surface area contributed by atoms with Crippen LogP contribution in [0.15, 0.2) is 24.5 Å². The van der Waals surface area contributed by atoms with Gasteiger partial charge in [0.2, 0.25) is 0 Å². The van der Waals surface area contributed by atoms with Gasteiger partial charge in [-0.05, 0) is 43.5 Å². The fourth-order valence-electron chi connectivity index (χ4n) is 1.68. The highest BCUT2D eigenvalue weighted by Gasteiger charge is 2.06. The summed E-state index contributed by atoms with van der Waals surface area (Å²) in [4.78, 5) is 4.02. The monoisotopic (exact) mass is 222 g/mol. The number of hydrogen-bond donors (Lipinski definition) is 1. The number of pyridine rings is 1. The number of aryl methyl sites for hydroxylation is 1. The maximum Gasteiger partial charge on any atom is 0.0615 e. The minimum atomic E-state index is 0.457. The number of rotatable bonds is 8. The lowest BCUT2D eigenvalue weighted by atomic mass is 10.1. The van der Waals surface area contributed by atoms with Gasteiger partial charge >= 0.3 is 0 Å². The Bertz CT molecular complexity index is 264. The molecule has 1 aromatic heterocycles. The highest BCUT2D eigenvalue weighted by Crippen LogP contribution is 2.04. The van der Waals surface area contributed by atoms with Crippen LogP contribution in [0.25, 0.3) is 0 Å². The molecular formula is C13H22N2O. The molecule has 0 aliphatic carbocycles. The van der Waals surface area contributed by atoms with Gasteiger partial charge < -0.3 is 10.1 Å². The van der Waals surface area contributed by atoms with E-state index in [-0.39, 0.29) is 0 Å². The second kappa shape index (κ2) is 8.25. The fraction of sp³-hybridized carbons (Fsp3) is 0.615. The summed E-state index contributed by atoms with van der Waals surface area (Å²) in [6.07, 6.45) is 7.04. The van der Waals surface area contributed by atoms with Crippen molar-refractivity contribution in [1.29, 1.82) is 0 Å². The van der Waals surface area contributed by atoms with Crippen molar-refractivity contribution in [2.75, 3.05) is 20.3 Å². The highest BCUT2D eigenvalue weighted by atomic mass is 16.5. The molecule has 3 heteroatoms. The van der Waals surface area contributed by atoms with Crippen LogP contribution in [0.1, 0.15) is 25.3 Å². The molecule has 1 atom stereocenters. The van der Waals surface area contributed by atoms with Crippen molar-refractivity contribution in [2.24, 2.45) is 0 Å². The quantitative estimate of drug-likeness (QED) is 0.731. The van der Waals surface area contributed by atoms with Crippen molar-refractivity contribution in [3.8, 4) is 0 Å². The standard InChI is InChI=1S/C13H22N2O/c1-3-8-15-13(11-16-2)5-4-12-6-9-14-10-7-12/h6-7,9-10,13,15H,3-5,8,11H2,1-2H3. The summed E-state index contributed by atoms with van der Waals surface area (Å²) >= 11 is 0. The van der Waals surface area contributed by atoms with Gasteiger partial charge in [0.05, 0.1) is 6.61 Å². The predicted octanol–water partition coefficient (Wildman–Crippen LogP) is 2.03. The molecule has 1 unspecified atom stereocenters. The summed E-state index contributed by atoms with van der Waals surface area (Å²) in [5, 5.41) is 3.50. The summed E-state index contributed by atoms with van der Waals surface area (Å²) in [6, 6.07) is 4.60. The molecule has 1 rings (SSSR count). The van der Waals surface area contributed by atoms with Gasteiger partial charge in [0, 0.05) is 25.5 Å². The normalized spacial score (nSPS) is 12.6. The SMILES string of the molecule is CCCNC(CCc1ccncc1)COC. The first-order valence-electron chi connectivity index (χ1n) is 5.98. The van der Waals surface area contributed by atoms with Gasteiger partial charge in [-0.3, -0.25) is 4.98 Å². The number of methoxy groups -OCH3 is 1. The largest absolute Gasteiger partial charge is 0.383 e. The fourth-order valence-corrected chi connectivity index (χ4v) is 1.68. The minimum Gasteiger partial charge on any atom is -0.383 e. The predicted molar refractivity (Wildman–Crippen MR) is 66.5 cm³/mol. The van der Waals surface area contributed by atoms with Crippen molar-refractivity contribution in [3.05, 3.63) is 30.1 Å². The van der Waals surface area contributed by atoms with Gasteiger partial charge in [-0.1, -0.05) is 6.92 Å². The lowest BCUT2D eigenvalue weighted by Gasteiger charge is -2.17. The average Bonchev–Trinajstić information content (AvgIpc) is 2.34. The smallest absolute Gasteiger partial charge is 0.0615 e. The minimum absolute atomic E-state index is 0.457. The Hall–Kier alpha value is -0.930. The third-order valence-electron chi connectivity index (χ3n) is 2.58. The number of aromatic nitrogens is 1. The molecule has 0 radical (unpaired) electrons. The number of nitrogens with one attached hydrogen (secondary N) is 1. The molecule has 0 aromatic carbocycles. The Morgan fingerprint density at radius 3 is 2.75 bits per heavy atom. The van der Waals surface area contributed by atoms with Gasteiger partial charge in [0.15, 0.2) is 0 Å². The van der Waals surface area contributed by atoms with Gasteiger partial charge in [0.1, 0.15) is 0 Å². The number of hydrogen-bond acceptors (Lipinski definition) is 3. The zero-order valence-corrected chi connectivity index (χ0v) is 10.3. The number of ether oxygens (including phenoxy) is 1. The van der Waals surface area contributed by atoms with Gasteiger partial charge in [-0.25, -0.2) is 0 Å². The first-order valence-corrected chi connectivity index (χ1v) is 5.98. The van der Waals surface area contributed by atoms with E-state index in [0.29, 0.717) is 6.04 Å². The van der Waals surface area contributed by atoms with E-state index in [9.17, 15) is 0 Å². The van der Waals surface area contributed by atoms with Crippen LogP contribution in [0.2, 0.25) is 0 Å². The first kappa shape index (κ1) is 13.1. The molecule has 16 heavy (non-hydrogen) atoms. The highest BCUT2D eigenvalue weighted by molar-refractivity contribution is 5.09. The number of nitrogens with zero attached hydrogens (tertiary/aromatic N) is 1. The van der Waals surface area contributed by atoms with Gasteiger partial charge in [-0.2, -0.15) is 0 Å². The Balaban J connectivity index is 2.31. The first-order chi connectivity index (χ1) is 7.86. The summed E-state index contributed by atoms with van der Waals surface area (Å²) < 4.78 is 5.21. The molecule has 1 heterocycles. The van der Waals surface area contributed by atoms with Crippen LogP contribution in [0.3, 0.4) is 0 Å². The molecule has 3 nitrogen and oxygen atoms in total. The molecule has 0 saturated heterocycles. The lowest BCUT2D eigenvalue weighted by Crippen LogP contribution is -2.34. The van der Waals surface area contributed by atoms with Crippen LogP contribution in [0, 0.1) is 0 Å². The maximum absolute atomic E-state index is 5.21. The molecule has 1 aromatic rings. The van der Waals surface area contributed by atoms with Crippen molar-refractivity contribution in [3.63, 3.8) is 0 Å². The van der Waals surface area contributed by atoms with E-state index in [1.54, 1.807) is 7.11 Å². The van der Waals surface area contributed by atoms with E-state index in [2.05, 4.69) is 29.4 Å². The van der Waals surface area contributed by atoms with E-state index in [1.807, 2.05) is 12.4 Å². The third kappa shape index (κ3) is 5.24. The Morgan fingerprint density at radius 2 is 2.12 bits per heavy atom. The average molecular weight is 222 g/mol. The van der Waals surface area contributed by atoms with Gasteiger partial charge in [0.25, 0.3) is 0 Å². The summed E-state index contributed by atoms with van der Waals surface area (Å²) in [6.45, 7) is 4.02. The molecule has 0 aliphatic rings. The third-order valence-corrected chi connectivity index (χ3v) is 2.58. The van der Waals surface area contributed by atoms with Crippen molar-refractivity contribution in [2.45, 2.75) is 32.2 Å².